The second-order valence-electron chi connectivity index (χ2n) is 4.14. The molecule has 1 aliphatic heterocycles. The van der Waals surface area contributed by atoms with Crippen molar-refractivity contribution in [2.45, 2.75) is 32.9 Å². The van der Waals surface area contributed by atoms with Gasteiger partial charge >= 0.3 is 0 Å². The molecule has 0 amide bonds. The molecule has 1 aliphatic rings. The molecule has 0 radical (unpaired) electrons. The predicted octanol–water partition coefficient (Wildman–Crippen LogP) is 1.73. The zero-order valence-corrected chi connectivity index (χ0v) is 7.00. The summed E-state index contributed by atoms with van der Waals surface area (Å²) in [5.74, 6) is 0. The molecule has 1 heterocycles. The van der Waals surface area contributed by atoms with E-state index in [1.54, 1.807) is 0 Å². The second-order valence-corrected chi connectivity index (χ2v) is 4.14. The number of nitrogens with one attached hydrogen (secondary N) is 1. The molecule has 10 heavy (non-hydrogen) atoms. The SMILES string of the molecule is CC(C)(C)[C@@]1(F)CCNC1. The maximum Gasteiger partial charge on any atom is 0.129 e. The normalized spacial score (nSPS) is 34.8. The number of hydrogen-bond acceptors (Lipinski definition) is 1. The van der Waals surface area contributed by atoms with Crippen molar-refractivity contribution in [3.8, 4) is 0 Å². The van der Waals surface area contributed by atoms with E-state index in [-0.39, 0.29) is 5.41 Å². The van der Waals surface area contributed by atoms with Crippen molar-refractivity contribution in [3.05, 3.63) is 0 Å². The van der Waals surface area contributed by atoms with Crippen LogP contribution in [0.25, 0.3) is 0 Å². The van der Waals surface area contributed by atoms with Gasteiger partial charge in [-0.3, -0.25) is 0 Å². The molecule has 0 aromatic heterocycles. The standard InChI is InChI=1S/C8H16FN/c1-7(2,3)8(9)4-5-10-6-8/h10H,4-6H2,1-3H3/t8-/m1/s1. The minimum atomic E-state index is -0.979. The van der Waals surface area contributed by atoms with Crippen LogP contribution in [0, 0.1) is 5.41 Å². The highest BCUT2D eigenvalue weighted by Crippen LogP contribution is 2.38. The third-order valence-electron chi connectivity index (χ3n) is 2.45. The van der Waals surface area contributed by atoms with Crippen molar-refractivity contribution in [2.24, 2.45) is 5.41 Å². The van der Waals surface area contributed by atoms with Gasteiger partial charge in [-0.05, 0) is 18.4 Å². The van der Waals surface area contributed by atoms with Crippen LogP contribution in [0.1, 0.15) is 27.2 Å². The van der Waals surface area contributed by atoms with Crippen molar-refractivity contribution in [2.75, 3.05) is 13.1 Å². The van der Waals surface area contributed by atoms with Crippen molar-refractivity contribution in [1.82, 2.24) is 5.32 Å². The molecule has 1 rings (SSSR count). The molecule has 0 spiro atoms. The van der Waals surface area contributed by atoms with Crippen LogP contribution in [0.3, 0.4) is 0 Å². The van der Waals surface area contributed by atoms with Crippen LogP contribution < -0.4 is 5.32 Å². The van der Waals surface area contributed by atoms with Gasteiger partial charge in [0.15, 0.2) is 0 Å². The van der Waals surface area contributed by atoms with Crippen molar-refractivity contribution in [1.29, 1.82) is 0 Å². The van der Waals surface area contributed by atoms with Crippen LogP contribution in [-0.2, 0) is 0 Å². The third kappa shape index (κ3) is 1.17. The molecule has 1 N–H and O–H groups in total. The first-order valence-corrected chi connectivity index (χ1v) is 3.85. The average Bonchev–Trinajstić information content (AvgIpc) is 2.13. The highest BCUT2D eigenvalue weighted by molar-refractivity contribution is 4.97. The first-order valence-electron chi connectivity index (χ1n) is 3.85. The Morgan fingerprint density at radius 3 is 2.20 bits per heavy atom. The van der Waals surface area contributed by atoms with Crippen LogP contribution >= 0.6 is 0 Å². The quantitative estimate of drug-likeness (QED) is 0.547. The van der Waals surface area contributed by atoms with Crippen molar-refractivity contribution < 1.29 is 4.39 Å². The number of rotatable bonds is 0. The summed E-state index contributed by atoms with van der Waals surface area (Å²) in [6.07, 6.45) is 0.663. The molecule has 0 aromatic carbocycles. The maximum atomic E-state index is 13.8. The number of alkyl halides is 1. The van der Waals surface area contributed by atoms with Crippen LogP contribution in [0.5, 0.6) is 0 Å². The highest BCUT2D eigenvalue weighted by Gasteiger charge is 2.44. The maximum absolute atomic E-state index is 13.8. The lowest BCUT2D eigenvalue weighted by Crippen LogP contribution is -2.40. The summed E-state index contributed by atoms with van der Waals surface area (Å²) in [6, 6.07) is 0. The fourth-order valence-corrected chi connectivity index (χ4v) is 1.30. The Kier molecular flexibility index (Phi) is 1.75. The van der Waals surface area contributed by atoms with E-state index in [9.17, 15) is 4.39 Å². The number of halogens is 1. The van der Waals surface area contributed by atoms with Crippen LogP contribution in [0.15, 0.2) is 0 Å². The van der Waals surface area contributed by atoms with Gasteiger partial charge in [0.1, 0.15) is 5.67 Å². The minimum absolute atomic E-state index is 0.212. The van der Waals surface area contributed by atoms with Gasteiger partial charge in [0.05, 0.1) is 0 Å². The van der Waals surface area contributed by atoms with Crippen molar-refractivity contribution in [3.63, 3.8) is 0 Å². The lowest BCUT2D eigenvalue weighted by atomic mass is 9.77. The van der Waals surface area contributed by atoms with Gasteiger partial charge in [-0.25, -0.2) is 4.39 Å². The molecule has 0 bridgehead atoms. The summed E-state index contributed by atoms with van der Waals surface area (Å²) < 4.78 is 13.8. The first kappa shape index (κ1) is 7.99. The lowest BCUT2D eigenvalue weighted by Gasteiger charge is -2.33. The highest BCUT2D eigenvalue weighted by atomic mass is 19.1. The topological polar surface area (TPSA) is 12.0 Å². The molecule has 0 saturated carbocycles. The Labute approximate surface area is 62.0 Å². The van der Waals surface area contributed by atoms with Crippen LogP contribution in [0.2, 0.25) is 0 Å². The monoisotopic (exact) mass is 145 g/mol. The summed E-state index contributed by atoms with van der Waals surface area (Å²) in [5.41, 5.74) is -1.19. The van der Waals surface area contributed by atoms with Gasteiger partial charge in [-0.15, -0.1) is 0 Å². The van der Waals surface area contributed by atoms with Crippen LogP contribution in [0.4, 0.5) is 4.39 Å². The Hall–Kier alpha value is -0.110. The van der Waals surface area contributed by atoms with E-state index >= 15 is 0 Å². The molecule has 1 nitrogen and oxygen atoms in total. The smallest absolute Gasteiger partial charge is 0.129 e. The van der Waals surface area contributed by atoms with E-state index in [1.165, 1.54) is 0 Å². The van der Waals surface area contributed by atoms with Gasteiger partial charge in [-0.2, -0.15) is 0 Å². The van der Waals surface area contributed by atoms with Gasteiger partial charge in [0.25, 0.3) is 0 Å². The first-order chi connectivity index (χ1) is 4.46. The van der Waals surface area contributed by atoms with Gasteiger partial charge in [0, 0.05) is 6.54 Å². The third-order valence-corrected chi connectivity index (χ3v) is 2.45. The van der Waals surface area contributed by atoms with Gasteiger partial charge in [0.2, 0.25) is 0 Å². The Balaban J connectivity index is 2.67. The Morgan fingerprint density at radius 2 is 2.00 bits per heavy atom. The fourth-order valence-electron chi connectivity index (χ4n) is 1.30. The minimum Gasteiger partial charge on any atom is -0.313 e. The Bertz CT molecular complexity index is 120. The molecule has 1 saturated heterocycles. The average molecular weight is 145 g/mol. The molecular formula is C8H16FN. The molecule has 60 valence electrons. The van der Waals surface area contributed by atoms with Crippen molar-refractivity contribution >= 4 is 0 Å². The van der Waals surface area contributed by atoms with E-state index in [0.717, 1.165) is 6.54 Å². The van der Waals surface area contributed by atoms with E-state index in [0.29, 0.717) is 13.0 Å². The lowest BCUT2D eigenvalue weighted by molar-refractivity contribution is 0.0499. The Morgan fingerprint density at radius 1 is 1.40 bits per heavy atom. The molecule has 1 atom stereocenters. The van der Waals surface area contributed by atoms with Crippen LogP contribution in [-0.4, -0.2) is 18.8 Å². The molecule has 0 aromatic rings. The molecular weight excluding hydrogens is 129 g/mol. The van der Waals surface area contributed by atoms with E-state index in [2.05, 4.69) is 5.32 Å². The molecule has 0 unspecified atom stereocenters. The predicted molar refractivity (Wildman–Crippen MR) is 40.8 cm³/mol. The van der Waals surface area contributed by atoms with Gasteiger partial charge in [-0.1, -0.05) is 20.8 Å². The summed E-state index contributed by atoms with van der Waals surface area (Å²) in [4.78, 5) is 0. The molecule has 1 fully saturated rings. The summed E-state index contributed by atoms with van der Waals surface area (Å²) in [6.45, 7) is 7.23. The largest absolute Gasteiger partial charge is 0.313 e. The summed E-state index contributed by atoms with van der Waals surface area (Å²) in [7, 11) is 0. The van der Waals surface area contributed by atoms with E-state index in [4.69, 9.17) is 0 Å². The summed E-state index contributed by atoms with van der Waals surface area (Å²) >= 11 is 0. The molecule has 2 heteroatoms. The second kappa shape index (κ2) is 2.19. The van der Waals surface area contributed by atoms with Gasteiger partial charge < -0.3 is 5.32 Å². The molecule has 0 aliphatic carbocycles. The fraction of sp³-hybridized carbons (Fsp3) is 1.00. The number of hydrogen-bond donors (Lipinski definition) is 1. The van der Waals surface area contributed by atoms with E-state index < -0.39 is 5.67 Å². The zero-order valence-electron chi connectivity index (χ0n) is 7.00. The van der Waals surface area contributed by atoms with E-state index in [1.807, 2.05) is 20.8 Å². The summed E-state index contributed by atoms with van der Waals surface area (Å²) in [5, 5.41) is 3.04. The zero-order chi connectivity index (χ0) is 7.83.